The molecule has 0 aromatic carbocycles. The minimum atomic E-state index is -1.74. The molecule has 10 atom stereocenters. The molecule has 2 aliphatic heterocycles. The van der Waals surface area contributed by atoms with E-state index >= 15 is 0 Å². The highest BCUT2D eigenvalue weighted by Crippen LogP contribution is 2.34. The van der Waals surface area contributed by atoms with E-state index in [0.29, 0.717) is 0 Å². The Bertz CT molecular complexity index is 1060. The van der Waals surface area contributed by atoms with E-state index in [9.17, 15) is 33.9 Å². The normalized spacial score (nSPS) is 31.5. The number of carbonyl (C=O) groups is 6. The largest absolute Gasteiger partial charge is 0.463 e. The lowest BCUT2D eigenvalue weighted by molar-refractivity contribution is -0.360. The quantitative estimate of drug-likeness (QED) is 0.150. The minimum absolute atomic E-state index is 0.0833. The van der Waals surface area contributed by atoms with Gasteiger partial charge in [0.15, 0.2) is 37.0 Å². The Morgan fingerprint density at radius 3 is 1.52 bits per heavy atom. The molecule has 17 nitrogen and oxygen atoms in total. The van der Waals surface area contributed by atoms with E-state index in [1.54, 1.807) is 0 Å². The van der Waals surface area contributed by atoms with Gasteiger partial charge < -0.3 is 52.5 Å². The van der Waals surface area contributed by atoms with Crippen molar-refractivity contribution in [3.05, 3.63) is 12.7 Å². The van der Waals surface area contributed by atoms with Crippen molar-refractivity contribution in [1.82, 2.24) is 0 Å². The molecule has 248 valence electrons. The van der Waals surface area contributed by atoms with Crippen LogP contribution in [0.5, 0.6) is 0 Å². The zero-order chi connectivity index (χ0) is 33.1. The topological polar surface area (TPSA) is 215 Å². The summed E-state index contributed by atoms with van der Waals surface area (Å²) < 4.78 is 55.0. The minimum Gasteiger partial charge on any atom is -0.463 e. The van der Waals surface area contributed by atoms with Crippen LogP contribution >= 0.6 is 0 Å². The first-order valence-electron chi connectivity index (χ1n) is 13.5. The van der Waals surface area contributed by atoms with Crippen LogP contribution in [0.25, 0.3) is 0 Å². The molecule has 0 spiro atoms. The fraction of sp³-hybridized carbons (Fsp3) is 0.704. The Labute approximate surface area is 252 Å². The van der Waals surface area contributed by atoms with Crippen LogP contribution in [0.3, 0.4) is 0 Å². The highest BCUT2D eigenvalue weighted by molar-refractivity contribution is 5.69. The summed E-state index contributed by atoms with van der Waals surface area (Å²) >= 11 is 0. The van der Waals surface area contributed by atoms with Crippen LogP contribution in [0, 0.1) is 0 Å². The molecule has 2 aliphatic rings. The van der Waals surface area contributed by atoms with Gasteiger partial charge in [0, 0.05) is 41.5 Å². The van der Waals surface area contributed by atoms with Gasteiger partial charge in [0.05, 0.1) is 6.61 Å². The molecule has 0 radical (unpaired) electrons. The summed E-state index contributed by atoms with van der Waals surface area (Å²) in [4.78, 5) is 71.7. The van der Waals surface area contributed by atoms with E-state index in [1.807, 2.05) is 0 Å². The summed E-state index contributed by atoms with van der Waals surface area (Å²) in [7, 11) is 0. The first-order valence-corrected chi connectivity index (χ1v) is 13.5. The van der Waals surface area contributed by atoms with Gasteiger partial charge in [-0.2, -0.15) is 0 Å². The highest BCUT2D eigenvalue weighted by Gasteiger charge is 2.56. The van der Waals surface area contributed by atoms with Crippen LogP contribution in [-0.4, -0.2) is 122 Å². The third kappa shape index (κ3) is 10.8. The molecule has 0 amide bonds. The molecular formula is C27H38O17. The van der Waals surface area contributed by atoms with Crippen molar-refractivity contribution in [3.63, 3.8) is 0 Å². The smallest absolute Gasteiger partial charge is 0.303 e. The number of aliphatic hydroxyl groups excluding tert-OH is 1. The van der Waals surface area contributed by atoms with E-state index in [0.717, 1.165) is 41.5 Å². The third-order valence-corrected chi connectivity index (χ3v) is 5.99. The average Bonchev–Trinajstić information content (AvgIpc) is 2.90. The van der Waals surface area contributed by atoms with Crippen LogP contribution in [0.4, 0.5) is 0 Å². The van der Waals surface area contributed by atoms with Gasteiger partial charge in [0.1, 0.15) is 37.6 Å². The molecule has 2 fully saturated rings. The van der Waals surface area contributed by atoms with Crippen LogP contribution in [0.1, 0.15) is 41.5 Å². The number of carbonyl (C=O) groups excluding carboxylic acids is 6. The van der Waals surface area contributed by atoms with Gasteiger partial charge in [-0.25, -0.2) is 0 Å². The Morgan fingerprint density at radius 2 is 1.05 bits per heavy atom. The van der Waals surface area contributed by atoms with E-state index in [1.165, 1.54) is 6.08 Å². The molecule has 17 heteroatoms. The zero-order valence-electron chi connectivity index (χ0n) is 25.2. The Morgan fingerprint density at radius 1 is 0.614 bits per heavy atom. The zero-order valence-corrected chi connectivity index (χ0v) is 25.2. The van der Waals surface area contributed by atoms with Crippen LogP contribution in [-0.2, 0) is 76.1 Å². The molecule has 2 saturated heterocycles. The highest BCUT2D eigenvalue weighted by atomic mass is 16.8. The molecule has 2 heterocycles. The number of aliphatic hydroxyl groups is 1. The SMILES string of the molecule is C=CCO[C@H]1O[C@H](COC(C)=O)[C@@H](O[C@@H]2O[C@H](COC(C)=O)[C@H](OC(C)=O)[C@H](OC(C)=O)[C@H]2OC(C)=O)[C@H](OC(C)=O)[C@H]1O. The molecule has 0 bridgehead atoms. The monoisotopic (exact) mass is 634 g/mol. The molecule has 44 heavy (non-hydrogen) atoms. The molecule has 0 saturated carbocycles. The molecule has 0 aromatic heterocycles. The van der Waals surface area contributed by atoms with Gasteiger partial charge in [0.25, 0.3) is 0 Å². The van der Waals surface area contributed by atoms with Crippen molar-refractivity contribution < 1.29 is 81.2 Å². The maximum absolute atomic E-state index is 12.2. The second-order valence-electron chi connectivity index (χ2n) is 9.70. The Kier molecular flexibility index (Phi) is 14.1. The van der Waals surface area contributed by atoms with Crippen LogP contribution < -0.4 is 0 Å². The summed E-state index contributed by atoms with van der Waals surface area (Å²) in [5, 5.41) is 11.1. The second-order valence-corrected chi connectivity index (χ2v) is 9.70. The van der Waals surface area contributed by atoms with Gasteiger partial charge in [0.2, 0.25) is 0 Å². The lowest BCUT2D eigenvalue weighted by atomic mass is 9.96. The van der Waals surface area contributed by atoms with Crippen molar-refractivity contribution >= 4 is 35.8 Å². The molecule has 1 N–H and O–H groups in total. The second kappa shape index (κ2) is 17.0. The predicted molar refractivity (Wildman–Crippen MR) is 140 cm³/mol. The van der Waals surface area contributed by atoms with Gasteiger partial charge >= 0.3 is 35.8 Å². The fourth-order valence-corrected chi connectivity index (χ4v) is 4.47. The van der Waals surface area contributed by atoms with E-state index in [-0.39, 0.29) is 6.61 Å². The maximum Gasteiger partial charge on any atom is 0.303 e. The Balaban J connectivity index is 2.62. The first kappa shape index (κ1) is 36.6. The average molecular weight is 635 g/mol. The summed E-state index contributed by atoms with van der Waals surface area (Å²) in [5.74, 6) is -4.89. The lowest BCUT2D eigenvalue weighted by Crippen LogP contribution is -2.67. The number of rotatable bonds is 13. The van der Waals surface area contributed by atoms with Gasteiger partial charge in [-0.3, -0.25) is 28.8 Å². The van der Waals surface area contributed by atoms with Crippen molar-refractivity contribution in [2.45, 2.75) is 103 Å². The molecule has 0 unspecified atom stereocenters. The number of esters is 6. The number of hydrogen-bond acceptors (Lipinski definition) is 17. The standard InChI is InChI=1S/C27H38O17/c1-8-9-35-26-20(34)23(39-15(5)31)21(18(42-26)10-36-12(2)28)44-27-25(41-17(7)33)24(40-16(6)32)22(38-14(4)30)19(43-27)11-37-13(3)29/h8,18-27,34H,1,9-11H2,2-7H3/t18-,19-,20-,21-,22+,23-,24+,25-,26+,27+/m1/s1. The fourth-order valence-electron chi connectivity index (χ4n) is 4.47. The van der Waals surface area contributed by atoms with Crippen molar-refractivity contribution in [3.8, 4) is 0 Å². The summed E-state index contributed by atoms with van der Waals surface area (Å²) in [5.41, 5.74) is 0. The Hall–Kier alpha value is -3.64. The van der Waals surface area contributed by atoms with Crippen molar-refractivity contribution in [2.24, 2.45) is 0 Å². The summed E-state index contributed by atoms with van der Waals surface area (Å²) in [6.07, 6.45) is -13.9. The van der Waals surface area contributed by atoms with E-state index < -0.39 is 110 Å². The van der Waals surface area contributed by atoms with E-state index in [2.05, 4.69) is 6.58 Å². The van der Waals surface area contributed by atoms with Crippen molar-refractivity contribution in [2.75, 3.05) is 19.8 Å². The van der Waals surface area contributed by atoms with Crippen LogP contribution in [0.15, 0.2) is 12.7 Å². The summed E-state index contributed by atoms with van der Waals surface area (Å²) in [6, 6.07) is 0. The third-order valence-electron chi connectivity index (χ3n) is 5.99. The predicted octanol–water partition coefficient (Wildman–Crippen LogP) is -0.762. The summed E-state index contributed by atoms with van der Waals surface area (Å²) in [6.45, 7) is 8.85. The number of ether oxygens (including phenoxy) is 10. The molecule has 0 aromatic rings. The number of hydrogen-bond donors (Lipinski definition) is 1. The van der Waals surface area contributed by atoms with E-state index in [4.69, 9.17) is 47.4 Å². The maximum atomic E-state index is 12.2. The van der Waals surface area contributed by atoms with Crippen molar-refractivity contribution in [1.29, 1.82) is 0 Å². The molecule has 0 aliphatic carbocycles. The van der Waals surface area contributed by atoms with Gasteiger partial charge in [-0.1, -0.05) is 6.08 Å². The first-order chi connectivity index (χ1) is 20.6. The molecular weight excluding hydrogens is 596 g/mol. The molecule has 2 rings (SSSR count). The van der Waals surface area contributed by atoms with Gasteiger partial charge in [-0.15, -0.1) is 6.58 Å². The lowest BCUT2D eigenvalue weighted by Gasteiger charge is -2.48. The van der Waals surface area contributed by atoms with Crippen LogP contribution in [0.2, 0.25) is 0 Å². The van der Waals surface area contributed by atoms with Gasteiger partial charge in [-0.05, 0) is 0 Å².